The molecule has 0 saturated heterocycles. The lowest BCUT2D eigenvalue weighted by Crippen LogP contribution is -2.34. The molecule has 0 spiro atoms. The number of likely N-dealkylation sites (N-methyl/N-ethyl adjacent to an activating group) is 1. The minimum absolute atomic E-state index is 0.0713. The fourth-order valence-electron chi connectivity index (χ4n) is 2.44. The first-order chi connectivity index (χ1) is 11.1. The summed E-state index contributed by atoms with van der Waals surface area (Å²) >= 11 is 3.42. The second-order valence-electron chi connectivity index (χ2n) is 5.31. The standard InChI is InChI=1S/C17H23BrN4O/c1-4-21(5-2)11-10-19-17(23)16-12-20-22(13(16)3)15-8-6-14(18)7-9-15/h6-9,12H,4-5,10-11H2,1-3H3,(H,19,23). The third-order valence-electron chi connectivity index (χ3n) is 3.93. The molecule has 0 fully saturated rings. The van der Waals surface area contributed by atoms with Crippen LogP contribution in [0.3, 0.4) is 0 Å². The first-order valence-electron chi connectivity index (χ1n) is 7.88. The summed E-state index contributed by atoms with van der Waals surface area (Å²) in [6.07, 6.45) is 1.63. The van der Waals surface area contributed by atoms with Gasteiger partial charge in [0, 0.05) is 17.6 Å². The number of nitrogens with one attached hydrogen (secondary N) is 1. The van der Waals surface area contributed by atoms with Gasteiger partial charge < -0.3 is 10.2 Å². The van der Waals surface area contributed by atoms with Crippen LogP contribution in [-0.2, 0) is 0 Å². The predicted molar refractivity (Wildman–Crippen MR) is 96.1 cm³/mol. The molecule has 0 aliphatic heterocycles. The summed E-state index contributed by atoms with van der Waals surface area (Å²) in [5.74, 6) is -0.0713. The summed E-state index contributed by atoms with van der Waals surface area (Å²) < 4.78 is 2.80. The second kappa shape index (κ2) is 8.26. The Morgan fingerprint density at radius 2 is 1.91 bits per heavy atom. The van der Waals surface area contributed by atoms with Gasteiger partial charge in [0.25, 0.3) is 5.91 Å². The van der Waals surface area contributed by atoms with Gasteiger partial charge in [0.05, 0.1) is 23.1 Å². The molecule has 0 aliphatic rings. The van der Waals surface area contributed by atoms with Gasteiger partial charge in [0.2, 0.25) is 0 Å². The van der Waals surface area contributed by atoms with E-state index in [1.807, 2.05) is 31.2 Å². The van der Waals surface area contributed by atoms with Crippen LogP contribution in [0.4, 0.5) is 0 Å². The Morgan fingerprint density at radius 3 is 2.52 bits per heavy atom. The Balaban J connectivity index is 2.03. The zero-order valence-corrected chi connectivity index (χ0v) is 15.4. The van der Waals surface area contributed by atoms with E-state index < -0.39 is 0 Å². The summed E-state index contributed by atoms with van der Waals surface area (Å²) in [6, 6.07) is 7.85. The molecule has 1 N–H and O–H groups in total. The molecule has 6 heteroatoms. The van der Waals surface area contributed by atoms with Crippen LogP contribution in [0.2, 0.25) is 0 Å². The highest BCUT2D eigenvalue weighted by molar-refractivity contribution is 9.10. The molecule has 0 bridgehead atoms. The van der Waals surface area contributed by atoms with Crippen molar-refractivity contribution in [2.75, 3.05) is 26.2 Å². The van der Waals surface area contributed by atoms with Crippen LogP contribution in [0.5, 0.6) is 0 Å². The number of aromatic nitrogens is 2. The van der Waals surface area contributed by atoms with Crippen LogP contribution in [0.1, 0.15) is 29.9 Å². The van der Waals surface area contributed by atoms with Gasteiger partial charge in [-0.3, -0.25) is 4.79 Å². The van der Waals surface area contributed by atoms with E-state index in [4.69, 9.17) is 0 Å². The van der Waals surface area contributed by atoms with E-state index in [2.05, 4.69) is 45.1 Å². The molecule has 0 atom stereocenters. The number of carbonyl (C=O) groups excluding carboxylic acids is 1. The van der Waals surface area contributed by atoms with Gasteiger partial charge in [0.1, 0.15) is 0 Å². The first-order valence-corrected chi connectivity index (χ1v) is 8.67. The molecule has 1 heterocycles. The number of nitrogens with zero attached hydrogens (tertiary/aromatic N) is 3. The molecule has 0 radical (unpaired) electrons. The minimum atomic E-state index is -0.0713. The predicted octanol–water partition coefficient (Wildman–Crippen LogP) is 3.01. The summed E-state index contributed by atoms with van der Waals surface area (Å²) in [5, 5.41) is 7.31. The highest BCUT2D eigenvalue weighted by Crippen LogP contribution is 2.17. The molecular formula is C17H23BrN4O. The van der Waals surface area contributed by atoms with Gasteiger partial charge in [-0.05, 0) is 44.3 Å². The Morgan fingerprint density at radius 1 is 1.26 bits per heavy atom. The molecule has 2 rings (SSSR count). The maximum atomic E-state index is 12.3. The maximum absolute atomic E-state index is 12.3. The Kier molecular flexibility index (Phi) is 6.36. The van der Waals surface area contributed by atoms with E-state index in [9.17, 15) is 4.79 Å². The topological polar surface area (TPSA) is 50.2 Å². The molecule has 5 nitrogen and oxygen atoms in total. The number of hydrogen-bond donors (Lipinski definition) is 1. The van der Waals surface area contributed by atoms with Crippen molar-refractivity contribution in [3.05, 3.63) is 46.2 Å². The van der Waals surface area contributed by atoms with Crippen molar-refractivity contribution in [2.45, 2.75) is 20.8 Å². The number of hydrogen-bond acceptors (Lipinski definition) is 3. The third kappa shape index (κ3) is 4.42. The summed E-state index contributed by atoms with van der Waals surface area (Å²) in [7, 11) is 0. The molecule has 1 amide bonds. The largest absolute Gasteiger partial charge is 0.351 e. The molecule has 0 unspecified atom stereocenters. The van der Waals surface area contributed by atoms with E-state index in [-0.39, 0.29) is 5.91 Å². The van der Waals surface area contributed by atoms with Crippen LogP contribution in [0, 0.1) is 6.92 Å². The van der Waals surface area contributed by atoms with Gasteiger partial charge >= 0.3 is 0 Å². The van der Waals surface area contributed by atoms with Crippen molar-refractivity contribution in [1.82, 2.24) is 20.0 Å². The van der Waals surface area contributed by atoms with Crippen molar-refractivity contribution in [1.29, 1.82) is 0 Å². The third-order valence-corrected chi connectivity index (χ3v) is 4.46. The molecule has 0 aliphatic carbocycles. The number of carbonyl (C=O) groups is 1. The number of amides is 1. The molecular weight excluding hydrogens is 356 g/mol. The quantitative estimate of drug-likeness (QED) is 0.805. The van der Waals surface area contributed by atoms with Gasteiger partial charge in [-0.15, -0.1) is 0 Å². The van der Waals surface area contributed by atoms with Crippen molar-refractivity contribution < 1.29 is 4.79 Å². The van der Waals surface area contributed by atoms with E-state index >= 15 is 0 Å². The average molecular weight is 379 g/mol. The number of rotatable bonds is 7. The van der Waals surface area contributed by atoms with Crippen LogP contribution in [0.15, 0.2) is 34.9 Å². The maximum Gasteiger partial charge on any atom is 0.254 e. The van der Waals surface area contributed by atoms with Crippen molar-refractivity contribution in [3.63, 3.8) is 0 Å². The van der Waals surface area contributed by atoms with E-state index in [1.165, 1.54) is 0 Å². The zero-order valence-electron chi connectivity index (χ0n) is 13.8. The summed E-state index contributed by atoms with van der Waals surface area (Å²) in [6.45, 7) is 9.64. The first kappa shape index (κ1) is 17.7. The molecule has 1 aromatic heterocycles. The van der Waals surface area contributed by atoms with Crippen LogP contribution in [-0.4, -0.2) is 46.8 Å². The van der Waals surface area contributed by atoms with Crippen LogP contribution in [0.25, 0.3) is 5.69 Å². The van der Waals surface area contributed by atoms with Gasteiger partial charge in [-0.25, -0.2) is 4.68 Å². The van der Waals surface area contributed by atoms with E-state index in [0.717, 1.165) is 35.5 Å². The number of halogens is 1. The molecule has 1 aromatic carbocycles. The normalized spacial score (nSPS) is 11.0. The Bertz CT molecular complexity index is 647. The highest BCUT2D eigenvalue weighted by Gasteiger charge is 2.15. The fourth-order valence-corrected chi connectivity index (χ4v) is 2.70. The molecule has 23 heavy (non-hydrogen) atoms. The van der Waals surface area contributed by atoms with Crippen molar-refractivity contribution in [3.8, 4) is 5.69 Å². The Hall–Kier alpha value is -1.66. The summed E-state index contributed by atoms with van der Waals surface area (Å²) in [4.78, 5) is 14.6. The van der Waals surface area contributed by atoms with Gasteiger partial charge in [-0.2, -0.15) is 5.10 Å². The SMILES string of the molecule is CCN(CC)CCNC(=O)c1cnn(-c2ccc(Br)cc2)c1C. The second-order valence-corrected chi connectivity index (χ2v) is 6.23. The Labute approximate surface area is 145 Å². The lowest BCUT2D eigenvalue weighted by Gasteiger charge is -2.17. The lowest BCUT2D eigenvalue weighted by molar-refractivity contribution is 0.0948. The number of benzene rings is 1. The van der Waals surface area contributed by atoms with E-state index in [1.54, 1.807) is 10.9 Å². The zero-order chi connectivity index (χ0) is 16.8. The van der Waals surface area contributed by atoms with Crippen LogP contribution >= 0.6 is 15.9 Å². The molecule has 124 valence electrons. The van der Waals surface area contributed by atoms with Gasteiger partial charge in [-0.1, -0.05) is 29.8 Å². The molecule has 0 saturated carbocycles. The summed E-state index contributed by atoms with van der Waals surface area (Å²) in [5.41, 5.74) is 2.40. The monoisotopic (exact) mass is 378 g/mol. The lowest BCUT2D eigenvalue weighted by atomic mass is 10.2. The average Bonchev–Trinajstić information content (AvgIpc) is 2.94. The highest BCUT2D eigenvalue weighted by atomic mass is 79.9. The fraction of sp³-hybridized carbons (Fsp3) is 0.412. The van der Waals surface area contributed by atoms with Crippen molar-refractivity contribution in [2.24, 2.45) is 0 Å². The van der Waals surface area contributed by atoms with Gasteiger partial charge in [0.15, 0.2) is 0 Å². The smallest absolute Gasteiger partial charge is 0.254 e. The van der Waals surface area contributed by atoms with Crippen molar-refractivity contribution >= 4 is 21.8 Å². The van der Waals surface area contributed by atoms with E-state index in [0.29, 0.717) is 12.1 Å². The van der Waals surface area contributed by atoms with Crippen LogP contribution < -0.4 is 5.32 Å². The minimum Gasteiger partial charge on any atom is -0.351 e. The molecule has 2 aromatic rings.